The molecule has 12 heteroatoms. The molecule has 1 aromatic carbocycles. The van der Waals surface area contributed by atoms with Crippen LogP contribution in [0.25, 0.3) is 0 Å². The summed E-state index contributed by atoms with van der Waals surface area (Å²) in [5, 5.41) is 10.6. The zero-order valence-electron chi connectivity index (χ0n) is 19.3. The molecule has 3 atom stereocenters. The summed E-state index contributed by atoms with van der Waals surface area (Å²) >= 11 is 7.64. The molecule has 0 bridgehead atoms. The van der Waals surface area contributed by atoms with Crippen molar-refractivity contribution >= 4 is 34.6 Å². The van der Waals surface area contributed by atoms with E-state index in [1.54, 1.807) is 11.8 Å². The SMILES string of the molecule is CCC(=O)N1CCC(c2nc(C3=NOC(c4ccccc4)C3)cs2)CC1n1nc(C(F)(F)F)cc1Cl. The van der Waals surface area contributed by atoms with Crippen molar-refractivity contribution in [1.29, 1.82) is 0 Å². The topological polar surface area (TPSA) is 72.6 Å². The van der Waals surface area contributed by atoms with Crippen LogP contribution in [0.15, 0.2) is 46.9 Å². The Kier molecular flexibility index (Phi) is 6.78. The molecule has 2 aliphatic rings. The molecule has 3 unspecified atom stereocenters. The monoisotopic (exact) mass is 537 g/mol. The fourth-order valence-electron chi connectivity index (χ4n) is 4.60. The lowest BCUT2D eigenvalue weighted by molar-refractivity contribution is -0.142. The Labute approximate surface area is 214 Å². The first-order valence-corrected chi connectivity index (χ1v) is 12.9. The normalized spacial score (nSPS) is 22.4. The van der Waals surface area contributed by atoms with Gasteiger partial charge in [0.15, 0.2) is 11.8 Å². The van der Waals surface area contributed by atoms with Gasteiger partial charge in [0.2, 0.25) is 5.91 Å². The summed E-state index contributed by atoms with van der Waals surface area (Å²) in [6, 6.07) is 10.6. The minimum atomic E-state index is -4.63. The Morgan fingerprint density at radius 1 is 1.28 bits per heavy atom. The molecule has 3 aromatic rings. The average Bonchev–Trinajstić information content (AvgIpc) is 3.63. The van der Waals surface area contributed by atoms with Gasteiger partial charge < -0.3 is 9.74 Å². The highest BCUT2D eigenvalue weighted by Gasteiger charge is 2.39. The fraction of sp³-hybridized carbons (Fsp3) is 0.417. The van der Waals surface area contributed by atoms with Gasteiger partial charge in [0.1, 0.15) is 17.0 Å². The van der Waals surface area contributed by atoms with Crippen molar-refractivity contribution in [3.63, 3.8) is 0 Å². The quantitative estimate of drug-likeness (QED) is 0.389. The zero-order valence-corrected chi connectivity index (χ0v) is 20.9. The minimum absolute atomic E-state index is 0.0721. The molecule has 1 saturated heterocycles. The van der Waals surface area contributed by atoms with Crippen molar-refractivity contribution in [2.75, 3.05) is 6.54 Å². The molecular weight excluding hydrogens is 515 g/mol. The van der Waals surface area contributed by atoms with Crippen molar-refractivity contribution in [3.05, 3.63) is 68.9 Å². The summed E-state index contributed by atoms with van der Waals surface area (Å²) < 4.78 is 40.9. The van der Waals surface area contributed by atoms with Gasteiger partial charge in [-0.25, -0.2) is 9.67 Å². The maximum Gasteiger partial charge on any atom is 0.435 e. The van der Waals surface area contributed by atoms with Crippen LogP contribution in [0.4, 0.5) is 13.2 Å². The van der Waals surface area contributed by atoms with E-state index < -0.39 is 18.0 Å². The molecule has 7 nitrogen and oxygen atoms in total. The Bertz CT molecular complexity index is 1280. The molecule has 0 saturated carbocycles. The first-order chi connectivity index (χ1) is 17.2. The standard InChI is InChI=1S/C24H23ClF3N5O2S/c1-2-22(34)32-9-8-15(10-21(32)33-20(25)12-19(30-33)24(26,27)28)23-29-17(13-36-23)16-11-18(35-31-16)14-6-4-3-5-7-14/h3-7,12-13,15,18,21H,2,8-11H2,1H3. The number of hydrogen-bond acceptors (Lipinski definition) is 6. The van der Waals surface area contributed by atoms with Gasteiger partial charge in [0.05, 0.1) is 10.7 Å². The van der Waals surface area contributed by atoms with Crippen molar-refractivity contribution < 1.29 is 22.8 Å². The number of likely N-dealkylation sites (tertiary alicyclic amines) is 1. The Morgan fingerprint density at radius 2 is 2.06 bits per heavy atom. The average molecular weight is 538 g/mol. The van der Waals surface area contributed by atoms with E-state index in [0.717, 1.165) is 32.7 Å². The number of alkyl halides is 3. The van der Waals surface area contributed by atoms with E-state index in [4.69, 9.17) is 21.4 Å². The number of amides is 1. The van der Waals surface area contributed by atoms with Crippen molar-refractivity contribution in [2.24, 2.45) is 5.16 Å². The number of rotatable bonds is 5. The van der Waals surface area contributed by atoms with Crippen molar-refractivity contribution in [3.8, 4) is 0 Å². The number of hydrogen-bond donors (Lipinski definition) is 0. The van der Waals surface area contributed by atoms with Gasteiger partial charge in [0.25, 0.3) is 0 Å². The lowest BCUT2D eigenvalue weighted by Gasteiger charge is -2.39. The number of piperidine rings is 1. The number of halogens is 4. The van der Waals surface area contributed by atoms with Gasteiger partial charge in [0, 0.05) is 36.8 Å². The summed E-state index contributed by atoms with van der Waals surface area (Å²) in [4.78, 5) is 24.6. The molecule has 190 valence electrons. The molecule has 5 rings (SSSR count). The molecule has 4 heterocycles. The summed E-state index contributed by atoms with van der Waals surface area (Å²) in [5.74, 6) is -0.236. The van der Waals surface area contributed by atoms with Crippen LogP contribution in [0.1, 0.15) is 72.8 Å². The number of carbonyl (C=O) groups is 1. The van der Waals surface area contributed by atoms with E-state index in [2.05, 4.69) is 10.3 Å². The smallest absolute Gasteiger partial charge is 0.387 e. The highest BCUT2D eigenvalue weighted by atomic mass is 35.5. The van der Waals surface area contributed by atoms with Crippen LogP contribution in [-0.2, 0) is 15.8 Å². The second-order valence-corrected chi connectivity index (χ2v) is 10.0. The summed E-state index contributed by atoms with van der Waals surface area (Å²) in [7, 11) is 0. The van der Waals surface area contributed by atoms with Crippen LogP contribution < -0.4 is 0 Å². The lowest BCUT2D eigenvalue weighted by Crippen LogP contribution is -2.43. The number of thiazole rings is 1. The van der Waals surface area contributed by atoms with E-state index in [0.29, 0.717) is 25.8 Å². The second kappa shape index (κ2) is 9.85. The molecule has 0 N–H and O–H groups in total. The van der Waals surface area contributed by atoms with E-state index in [1.165, 1.54) is 11.3 Å². The van der Waals surface area contributed by atoms with Gasteiger partial charge in [-0.2, -0.15) is 18.3 Å². The zero-order chi connectivity index (χ0) is 25.4. The summed E-state index contributed by atoms with van der Waals surface area (Å²) in [5.41, 5.74) is 1.44. The number of benzene rings is 1. The van der Waals surface area contributed by atoms with E-state index in [9.17, 15) is 18.0 Å². The Balaban J connectivity index is 1.35. The molecule has 0 spiro atoms. The number of nitrogens with zero attached hydrogens (tertiary/aromatic N) is 5. The fourth-order valence-corrected chi connectivity index (χ4v) is 5.83. The lowest BCUT2D eigenvalue weighted by atomic mass is 9.94. The molecule has 0 aliphatic carbocycles. The summed E-state index contributed by atoms with van der Waals surface area (Å²) in [6.07, 6.45) is -3.71. The van der Waals surface area contributed by atoms with E-state index in [-0.39, 0.29) is 29.5 Å². The van der Waals surface area contributed by atoms with Gasteiger partial charge in [-0.3, -0.25) is 4.79 Å². The molecule has 0 radical (unpaired) electrons. The number of aromatic nitrogens is 3. The predicted octanol–water partition coefficient (Wildman–Crippen LogP) is 6.19. The third kappa shape index (κ3) is 4.86. The van der Waals surface area contributed by atoms with E-state index in [1.807, 2.05) is 35.7 Å². The van der Waals surface area contributed by atoms with Gasteiger partial charge >= 0.3 is 6.18 Å². The highest BCUT2D eigenvalue weighted by molar-refractivity contribution is 7.10. The molecule has 1 fully saturated rings. The van der Waals surface area contributed by atoms with Crippen LogP contribution in [0.5, 0.6) is 0 Å². The molecular formula is C24H23ClF3N5O2S. The predicted molar refractivity (Wildman–Crippen MR) is 129 cm³/mol. The van der Waals surface area contributed by atoms with Crippen LogP contribution >= 0.6 is 22.9 Å². The number of carbonyl (C=O) groups excluding carboxylic acids is 1. The van der Waals surface area contributed by atoms with Crippen molar-refractivity contribution in [2.45, 2.75) is 57.0 Å². The van der Waals surface area contributed by atoms with Gasteiger partial charge in [-0.05, 0) is 18.4 Å². The minimum Gasteiger partial charge on any atom is -0.387 e. The highest BCUT2D eigenvalue weighted by Crippen LogP contribution is 2.41. The molecule has 36 heavy (non-hydrogen) atoms. The molecule has 1 amide bonds. The Hall–Kier alpha value is -2.92. The molecule has 2 aliphatic heterocycles. The number of oxime groups is 1. The van der Waals surface area contributed by atoms with Crippen LogP contribution in [0.2, 0.25) is 5.15 Å². The van der Waals surface area contributed by atoms with Gasteiger partial charge in [-0.1, -0.05) is 54.0 Å². The second-order valence-electron chi connectivity index (χ2n) is 8.76. The summed E-state index contributed by atoms with van der Waals surface area (Å²) in [6.45, 7) is 2.09. The van der Waals surface area contributed by atoms with Gasteiger partial charge in [-0.15, -0.1) is 11.3 Å². The maximum absolute atomic E-state index is 13.3. The third-order valence-corrected chi connectivity index (χ3v) is 7.76. The third-order valence-electron chi connectivity index (χ3n) is 6.47. The van der Waals surface area contributed by atoms with Crippen LogP contribution in [0, 0.1) is 0 Å². The Morgan fingerprint density at radius 3 is 2.75 bits per heavy atom. The van der Waals surface area contributed by atoms with Crippen molar-refractivity contribution in [1.82, 2.24) is 19.7 Å². The molecule has 2 aromatic heterocycles. The van der Waals surface area contributed by atoms with Crippen LogP contribution in [-0.4, -0.2) is 37.8 Å². The first kappa shape index (κ1) is 24.8. The largest absolute Gasteiger partial charge is 0.435 e. The first-order valence-electron chi connectivity index (χ1n) is 11.6. The maximum atomic E-state index is 13.3. The van der Waals surface area contributed by atoms with E-state index >= 15 is 0 Å². The van der Waals surface area contributed by atoms with Crippen LogP contribution in [0.3, 0.4) is 0 Å².